The zero-order chi connectivity index (χ0) is 15.0. The van der Waals surface area contributed by atoms with Crippen LogP contribution >= 0.6 is 15.9 Å². The van der Waals surface area contributed by atoms with E-state index in [0.29, 0.717) is 16.3 Å². The summed E-state index contributed by atoms with van der Waals surface area (Å²) in [5.41, 5.74) is 7.51. The number of hydrogen-bond acceptors (Lipinski definition) is 3. The monoisotopic (exact) mass is 354 g/mol. The smallest absolute Gasteiger partial charge is 0.201 e. The molecule has 1 atom stereocenters. The fourth-order valence-electron chi connectivity index (χ4n) is 3.11. The molecule has 2 N–H and O–H groups in total. The Morgan fingerprint density at radius 3 is 2.76 bits per heavy atom. The van der Waals surface area contributed by atoms with Gasteiger partial charge in [0.05, 0.1) is 15.5 Å². The van der Waals surface area contributed by atoms with Gasteiger partial charge in [0.2, 0.25) is 5.95 Å². The molecule has 0 spiro atoms. The molecule has 2 heterocycles. The first-order valence-electron chi connectivity index (χ1n) is 7.37. The molecule has 1 aliphatic rings. The quantitative estimate of drug-likeness (QED) is 0.916. The van der Waals surface area contributed by atoms with Gasteiger partial charge in [0, 0.05) is 19.2 Å². The Labute approximate surface area is 132 Å². The van der Waals surface area contributed by atoms with Crippen LogP contribution in [0.25, 0.3) is 11.0 Å². The average Bonchev–Trinajstić information content (AvgIpc) is 3.01. The van der Waals surface area contributed by atoms with E-state index in [2.05, 4.69) is 32.7 Å². The summed E-state index contributed by atoms with van der Waals surface area (Å²) in [4.78, 5) is 6.81. The van der Waals surface area contributed by atoms with Crippen LogP contribution in [-0.2, 0) is 6.54 Å². The van der Waals surface area contributed by atoms with Gasteiger partial charge in [-0.1, -0.05) is 6.92 Å². The summed E-state index contributed by atoms with van der Waals surface area (Å²) in [5.74, 6) is 0.626. The molecule has 3 rings (SSSR count). The topological polar surface area (TPSA) is 47.1 Å². The number of benzene rings is 1. The molecule has 1 unspecified atom stereocenters. The van der Waals surface area contributed by atoms with Gasteiger partial charge in [-0.05, 0) is 53.8 Å². The maximum absolute atomic E-state index is 13.8. The van der Waals surface area contributed by atoms with Crippen LogP contribution in [-0.4, -0.2) is 34.1 Å². The molecule has 6 heteroatoms. The Morgan fingerprint density at radius 2 is 2.05 bits per heavy atom. The Morgan fingerprint density at radius 1 is 1.33 bits per heavy atom. The Bertz CT molecular complexity index is 649. The van der Waals surface area contributed by atoms with Crippen molar-refractivity contribution in [3.05, 3.63) is 22.4 Å². The van der Waals surface area contributed by atoms with Crippen molar-refractivity contribution in [2.24, 2.45) is 5.92 Å². The standard InChI is InChI=1S/C15H20BrFN4/c1-10(8-20-4-2-3-5-20)9-21-14-7-12(17)11(16)6-13(14)19-15(21)18/h6-7,10H,2-5,8-9H2,1H3,(H2,18,19). The first kappa shape index (κ1) is 14.8. The molecule has 1 saturated heterocycles. The van der Waals surface area contributed by atoms with Crippen LogP contribution in [0.1, 0.15) is 19.8 Å². The lowest BCUT2D eigenvalue weighted by molar-refractivity contribution is 0.273. The predicted octanol–water partition coefficient (Wildman–Crippen LogP) is 3.25. The van der Waals surface area contributed by atoms with E-state index >= 15 is 0 Å². The van der Waals surface area contributed by atoms with Gasteiger partial charge in [-0.25, -0.2) is 9.37 Å². The van der Waals surface area contributed by atoms with Gasteiger partial charge in [0.1, 0.15) is 5.82 Å². The van der Waals surface area contributed by atoms with Gasteiger partial charge < -0.3 is 15.2 Å². The summed E-state index contributed by atoms with van der Waals surface area (Å²) in [7, 11) is 0. The van der Waals surface area contributed by atoms with Crippen LogP contribution in [0.2, 0.25) is 0 Å². The molecular weight excluding hydrogens is 335 g/mol. The number of anilines is 1. The molecule has 4 nitrogen and oxygen atoms in total. The van der Waals surface area contributed by atoms with Crippen LogP contribution in [0.3, 0.4) is 0 Å². The lowest BCUT2D eigenvalue weighted by Crippen LogP contribution is -2.27. The molecule has 0 aliphatic carbocycles. The summed E-state index contributed by atoms with van der Waals surface area (Å²) in [5, 5.41) is 0. The zero-order valence-electron chi connectivity index (χ0n) is 12.1. The third-order valence-corrected chi connectivity index (χ3v) is 4.69. The number of likely N-dealkylation sites (tertiary alicyclic amines) is 1. The highest BCUT2D eigenvalue weighted by atomic mass is 79.9. The first-order valence-corrected chi connectivity index (χ1v) is 8.17. The number of nitrogen functional groups attached to an aromatic ring is 1. The molecule has 1 fully saturated rings. The van der Waals surface area contributed by atoms with E-state index in [9.17, 15) is 4.39 Å². The molecule has 114 valence electrons. The fourth-order valence-corrected chi connectivity index (χ4v) is 3.44. The Balaban J connectivity index is 1.82. The van der Waals surface area contributed by atoms with Crippen molar-refractivity contribution in [1.82, 2.24) is 14.5 Å². The van der Waals surface area contributed by atoms with Crippen LogP contribution < -0.4 is 5.73 Å². The molecule has 0 saturated carbocycles. The molecule has 0 amide bonds. The molecule has 1 aromatic carbocycles. The summed E-state index contributed by atoms with van der Waals surface area (Å²) < 4.78 is 16.1. The van der Waals surface area contributed by atoms with Crippen molar-refractivity contribution >= 4 is 32.9 Å². The van der Waals surface area contributed by atoms with Crippen molar-refractivity contribution in [1.29, 1.82) is 0 Å². The van der Waals surface area contributed by atoms with E-state index in [1.807, 2.05) is 4.57 Å². The molecular formula is C15H20BrFN4. The third kappa shape index (κ3) is 3.06. The summed E-state index contributed by atoms with van der Waals surface area (Å²) in [6, 6.07) is 3.19. The number of nitrogens with two attached hydrogens (primary N) is 1. The number of fused-ring (bicyclic) bond motifs is 1. The highest BCUT2D eigenvalue weighted by Crippen LogP contribution is 2.26. The van der Waals surface area contributed by atoms with E-state index in [1.54, 1.807) is 6.07 Å². The lowest BCUT2D eigenvalue weighted by atomic mass is 10.1. The van der Waals surface area contributed by atoms with Gasteiger partial charge in [-0.15, -0.1) is 0 Å². The second kappa shape index (κ2) is 5.93. The maximum Gasteiger partial charge on any atom is 0.201 e. The van der Waals surface area contributed by atoms with Gasteiger partial charge in [0.25, 0.3) is 0 Å². The second-order valence-corrected chi connectivity index (χ2v) is 6.80. The van der Waals surface area contributed by atoms with Crippen LogP contribution in [0, 0.1) is 11.7 Å². The van der Waals surface area contributed by atoms with Crippen molar-refractivity contribution in [3.63, 3.8) is 0 Å². The van der Waals surface area contributed by atoms with Gasteiger partial charge in [0.15, 0.2) is 0 Å². The average molecular weight is 355 g/mol. The molecule has 0 radical (unpaired) electrons. The van der Waals surface area contributed by atoms with Crippen molar-refractivity contribution in [2.45, 2.75) is 26.3 Å². The number of aromatic nitrogens is 2. The summed E-state index contributed by atoms with van der Waals surface area (Å²) >= 11 is 3.19. The highest BCUT2D eigenvalue weighted by Gasteiger charge is 2.17. The molecule has 1 aliphatic heterocycles. The normalized spacial score (nSPS) is 17.7. The number of nitrogens with zero attached hydrogens (tertiary/aromatic N) is 3. The number of imidazole rings is 1. The van der Waals surface area contributed by atoms with Gasteiger partial charge in [-0.2, -0.15) is 0 Å². The Kier molecular flexibility index (Phi) is 4.17. The van der Waals surface area contributed by atoms with E-state index in [-0.39, 0.29) is 5.82 Å². The minimum Gasteiger partial charge on any atom is -0.369 e. The summed E-state index contributed by atoms with van der Waals surface area (Å²) in [6.07, 6.45) is 2.59. The van der Waals surface area contributed by atoms with Gasteiger partial charge in [-0.3, -0.25) is 0 Å². The number of halogens is 2. The molecule has 1 aromatic heterocycles. The van der Waals surface area contributed by atoms with Crippen LogP contribution in [0.15, 0.2) is 16.6 Å². The largest absolute Gasteiger partial charge is 0.369 e. The van der Waals surface area contributed by atoms with Gasteiger partial charge >= 0.3 is 0 Å². The first-order chi connectivity index (χ1) is 10.0. The third-order valence-electron chi connectivity index (χ3n) is 4.08. The zero-order valence-corrected chi connectivity index (χ0v) is 13.7. The van der Waals surface area contributed by atoms with Crippen molar-refractivity contribution in [2.75, 3.05) is 25.4 Å². The SMILES string of the molecule is CC(CN1CCCC1)Cn1c(N)nc2cc(Br)c(F)cc21. The predicted molar refractivity (Wildman–Crippen MR) is 86.6 cm³/mol. The number of hydrogen-bond donors (Lipinski definition) is 1. The fraction of sp³-hybridized carbons (Fsp3) is 0.533. The van der Waals surface area contributed by atoms with Crippen LogP contribution in [0.5, 0.6) is 0 Å². The lowest BCUT2D eigenvalue weighted by Gasteiger charge is -2.21. The van der Waals surface area contributed by atoms with Crippen LogP contribution in [0.4, 0.5) is 10.3 Å². The minimum absolute atomic E-state index is 0.282. The van der Waals surface area contributed by atoms with E-state index in [0.717, 1.165) is 24.1 Å². The summed E-state index contributed by atoms with van der Waals surface area (Å²) in [6.45, 7) is 6.40. The van der Waals surface area contributed by atoms with E-state index < -0.39 is 0 Å². The molecule has 21 heavy (non-hydrogen) atoms. The second-order valence-electron chi connectivity index (χ2n) is 5.95. The van der Waals surface area contributed by atoms with Crippen molar-refractivity contribution < 1.29 is 4.39 Å². The van der Waals surface area contributed by atoms with E-state index in [1.165, 1.54) is 32.0 Å². The van der Waals surface area contributed by atoms with Crippen molar-refractivity contribution in [3.8, 4) is 0 Å². The Hall–Kier alpha value is -1.14. The maximum atomic E-state index is 13.8. The van der Waals surface area contributed by atoms with E-state index in [4.69, 9.17) is 5.73 Å². The molecule has 0 bridgehead atoms. The minimum atomic E-state index is -0.282. The molecule has 2 aromatic rings. The highest BCUT2D eigenvalue weighted by molar-refractivity contribution is 9.10. The number of rotatable bonds is 4.